The molecule has 2 bridgehead atoms. The molecule has 2 fully saturated rings. The topological polar surface area (TPSA) is 58.4 Å². The summed E-state index contributed by atoms with van der Waals surface area (Å²) in [7, 11) is 0. The standard InChI is InChI=1S/C16H23N3O/c1-11-2-4-12(5-3-11)15(17)16(20)19-13-6-7-14(19)10-18-9-8-13/h2-5,13-15,18H,6-10,17H2,1H3. The van der Waals surface area contributed by atoms with Gasteiger partial charge in [-0.25, -0.2) is 0 Å². The van der Waals surface area contributed by atoms with Crippen LogP contribution in [0, 0.1) is 6.92 Å². The van der Waals surface area contributed by atoms with Crippen LogP contribution in [0.1, 0.15) is 36.4 Å². The molecule has 2 saturated heterocycles. The van der Waals surface area contributed by atoms with Crippen LogP contribution in [0.2, 0.25) is 0 Å². The van der Waals surface area contributed by atoms with Gasteiger partial charge in [0.1, 0.15) is 6.04 Å². The molecule has 4 heteroatoms. The van der Waals surface area contributed by atoms with Crippen molar-refractivity contribution in [3.05, 3.63) is 35.4 Å². The number of nitrogens with two attached hydrogens (primary N) is 1. The van der Waals surface area contributed by atoms with Crippen molar-refractivity contribution in [2.45, 2.75) is 44.3 Å². The zero-order valence-corrected chi connectivity index (χ0v) is 12.0. The minimum absolute atomic E-state index is 0.0880. The van der Waals surface area contributed by atoms with Gasteiger partial charge in [0.05, 0.1) is 0 Å². The van der Waals surface area contributed by atoms with E-state index in [2.05, 4.69) is 10.2 Å². The van der Waals surface area contributed by atoms with Crippen molar-refractivity contribution < 1.29 is 4.79 Å². The number of nitrogens with zero attached hydrogens (tertiary/aromatic N) is 1. The lowest BCUT2D eigenvalue weighted by Crippen LogP contribution is -2.46. The maximum absolute atomic E-state index is 12.8. The van der Waals surface area contributed by atoms with Gasteiger partial charge in [0.25, 0.3) is 0 Å². The second-order valence-corrected chi connectivity index (χ2v) is 6.01. The lowest BCUT2D eigenvalue weighted by Gasteiger charge is -2.30. The van der Waals surface area contributed by atoms with Crippen molar-refractivity contribution in [3.8, 4) is 0 Å². The summed E-state index contributed by atoms with van der Waals surface area (Å²) in [6.07, 6.45) is 3.27. The van der Waals surface area contributed by atoms with E-state index in [-0.39, 0.29) is 5.91 Å². The molecule has 1 aromatic carbocycles. The molecule has 1 aromatic rings. The van der Waals surface area contributed by atoms with Crippen LogP contribution in [0.5, 0.6) is 0 Å². The van der Waals surface area contributed by atoms with Crippen LogP contribution >= 0.6 is 0 Å². The summed E-state index contributed by atoms with van der Waals surface area (Å²) >= 11 is 0. The van der Waals surface area contributed by atoms with Gasteiger partial charge in [0.15, 0.2) is 0 Å². The number of aryl methyl sites for hydroxylation is 1. The third-order valence-electron chi connectivity index (χ3n) is 4.61. The van der Waals surface area contributed by atoms with Crippen molar-refractivity contribution in [2.24, 2.45) is 5.73 Å². The number of carbonyl (C=O) groups is 1. The molecule has 108 valence electrons. The second-order valence-electron chi connectivity index (χ2n) is 6.01. The summed E-state index contributed by atoms with van der Waals surface area (Å²) in [5.74, 6) is 0.0880. The molecule has 2 aliphatic heterocycles. The van der Waals surface area contributed by atoms with Crippen LogP contribution in [0.3, 0.4) is 0 Å². The van der Waals surface area contributed by atoms with Crippen LogP contribution < -0.4 is 11.1 Å². The molecule has 3 rings (SSSR count). The molecular weight excluding hydrogens is 250 g/mol. The molecule has 0 radical (unpaired) electrons. The highest BCUT2D eigenvalue weighted by molar-refractivity contribution is 5.84. The Morgan fingerprint density at radius 3 is 2.70 bits per heavy atom. The average molecular weight is 273 g/mol. The van der Waals surface area contributed by atoms with Crippen LogP contribution in [0.4, 0.5) is 0 Å². The molecule has 3 N–H and O–H groups in total. The summed E-state index contributed by atoms with van der Waals surface area (Å²) in [6, 6.07) is 8.13. The number of benzene rings is 1. The molecule has 0 aliphatic carbocycles. The van der Waals surface area contributed by atoms with Crippen molar-refractivity contribution >= 4 is 5.91 Å². The number of nitrogens with one attached hydrogen (secondary N) is 1. The smallest absolute Gasteiger partial charge is 0.244 e. The van der Waals surface area contributed by atoms with Gasteiger partial charge in [-0.3, -0.25) is 4.79 Å². The van der Waals surface area contributed by atoms with Crippen molar-refractivity contribution in [1.29, 1.82) is 0 Å². The first-order valence-electron chi connectivity index (χ1n) is 7.52. The zero-order chi connectivity index (χ0) is 14.1. The summed E-state index contributed by atoms with van der Waals surface area (Å²) in [5, 5.41) is 3.41. The number of hydrogen-bond acceptors (Lipinski definition) is 3. The summed E-state index contributed by atoms with van der Waals surface area (Å²) in [4.78, 5) is 14.8. The normalized spacial score (nSPS) is 27.2. The molecule has 20 heavy (non-hydrogen) atoms. The van der Waals surface area contributed by atoms with E-state index in [1.165, 1.54) is 5.56 Å². The average Bonchev–Trinajstić information content (AvgIpc) is 2.71. The number of hydrogen-bond donors (Lipinski definition) is 2. The largest absolute Gasteiger partial charge is 0.334 e. The van der Waals surface area contributed by atoms with Gasteiger partial charge in [-0.1, -0.05) is 29.8 Å². The molecule has 0 aromatic heterocycles. The van der Waals surface area contributed by atoms with Gasteiger partial charge in [-0.15, -0.1) is 0 Å². The Bertz CT molecular complexity index is 471. The Hall–Kier alpha value is -1.39. The third kappa shape index (κ3) is 2.45. The van der Waals surface area contributed by atoms with Crippen molar-refractivity contribution in [3.63, 3.8) is 0 Å². The van der Waals surface area contributed by atoms with Crippen LogP contribution in [0.15, 0.2) is 24.3 Å². The summed E-state index contributed by atoms with van der Waals surface area (Å²) in [6.45, 7) is 3.95. The number of rotatable bonds is 2. The first-order chi connectivity index (χ1) is 9.66. The van der Waals surface area contributed by atoms with Gasteiger partial charge >= 0.3 is 0 Å². The van der Waals surface area contributed by atoms with E-state index >= 15 is 0 Å². The highest BCUT2D eigenvalue weighted by Crippen LogP contribution is 2.30. The maximum atomic E-state index is 12.8. The van der Waals surface area contributed by atoms with E-state index in [1.54, 1.807) is 0 Å². The highest BCUT2D eigenvalue weighted by Gasteiger charge is 2.39. The number of amides is 1. The SMILES string of the molecule is Cc1ccc(C(N)C(=O)N2C3CCNCC2CC3)cc1. The van der Waals surface area contributed by atoms with Crippen molar-refractivity contribution in [2.75, 3.05) is 13.1 Å². The van der Waals surface area contributed by atoms with E-state index in [9.17, 15) is 4.79 Å². The number of fused-ring (bicyclic) bond motifs is 2. The fraction of sp³-hybridized carbons (Fsp3) is 0.562. The van der Waals surface area contributed by atoms with E-state index < -0.39 is 6.04 Å². The van der Waals surface area contributed by atoms with Gasteiger partial charge in [0.2, 0.25) is 5.91 Å². The fourth-order valence-corrected chi connectivity index (χ4v) is 3.42. The molecule has 2 aliphatic rings. The molecular formula is C16H23N3O. The van der Waals surface area contributed by atoms with Gasteiger partial charge < -0.3 is 16.0 Å². The van der Waals surface area contributed by atoms with Crippen LogP contribution in [-0.4, -0.2) is 36.0 Å². The minimum atomic E-state index is -0.531. The van der Waals surface area contributed by atoms with E-state index in [0.29, 0.717) is 12.1 Å². The third-order valence-corrected chi connectivity index (χ3v) is 4.61. The molecule has 3 unspecified atom stereocenters. The minimum Gasteiger partial charge on any atom is -0.334 e. The molecule has 4 nitrogen and oxygen atoms in total. The molecule has 1 amide bonds. The first kappa shape index (κ1) is 13.6. The molecule has 2 heterocycles. The molecule has 0 spiro atoms. The Morgan fingerprint density at radius 1 is 1.25 bits per heavy atom. The van der Waals surface area contributed by atoms with Crippen LogP contribution in [-0.2, 0) is 4.79 Å². The first-order valence-corrected chi connectivity index (χ1v) is 7.52. The van der Waals surface area contributed by atoms with Gasteiger partial charge in [-0.05, 0) is 38.3 Å². The van der Waals surface area contributed by atoms with Gasteiger partial charge in [0, 0.05) is 18.6 Å². The maximum Gasteiger partial charge on any atom is 0.244 e. The Balaban J connectivity index is 1.79. The van der Waals surface area contributed by atoms with Gasteiger partial charge in [-0.2, -0.15) is 0 Å². The Kier molecular flexibility index (Phi) is 3.76. The monoisotopic (exact) mass is 273 g/mol. The summed E-state index contributed by atoms with van der Waals surface area (Å²) in [5.41, 5.74) is 8.31. The van der Waals surface area contributed by atoms with Crippen molar-refractivity contribution in [1.82, 2.24) is 10.2 Å². The molecule has 3 atom stereocenters. The number of carbonyl (C=O) groups excluding carboxylic acids is 1. The summed E-state index contributed by atoms with van der Waals surface area (Å²) < 4.78 is 0. The van der Waals surface area contributed by atoms with Crippen LogP contribution in [0.25, 0.3) is 0 Å². The lowest BCUT2D eigenvalue weighted by molar-refractivity contribution is -0.135. The second kappa shape index (κ2) is 5.54. The predicted molar refractivity (Wildman–Crippen MR) is 79.3 cm³/mol. The molecule has 0 saturated carbocycles. The quantitative estimate of drug-likeness (QED) is 0.855. The van der Waals surface area contributed by atoms with E-state index in [1.807, 2.05) is 31.2 Å². The predicted octanol–water partition coefficient (Wildman–Crippen LogP) is 1.35. The van der Waals surface area contributed by atoms with E-state index in [4.69, 9.17) is 5.73 Å². The van der Waals surface area contributed by atoms with E-state index in [0.717, 1.165) is 37.9 Å². The zero-order valence-electron chi connectivity index (χ0n) is 12.0. The highest BCUT2D eigenvalue weighted by atomic mass is 16.2. The Morgan fingerprint density at radius 2 is 1.95 bits per heavy atom. The fourth-order valence-electron chi connectivity index (χ4n) is 3.42. The Labute approximate surface area is 120 Å². The lowest BCUT2D eigenvalue weighted by atomic mass is 10.0.